The molecule has 0 saturated heterocycles. The fourth-order valence-electron chi connectivity index (χ4n) is 6.23. The molecule has 1 amide bonds. The molecule has 1 unspecified atom stereocenters. The van der Waals surface area contributed by atoms with Crippen LogP contribution < -0.4 is 9.64 Å². The summed E-state index contributed by atoms with van der Waals surface area (Å²) in [4.78, 5) is 19.1. The Kier molecular flexibility index (Phi) is 15.6. The third-order valence-corrected chi connectivity index (χ3v) is 8.54. The fourth-order valence-corrected chi connectivity index (χ4v) is 6.23. The molecule has 0 saturated carbocycles. The van der Waals surface area contributed by atoms with Crippen LogP contribution in [0.15, 0.2) is 65.2 Å². The summed E-state index contributed by atoms with van der Waals surface area (Å²) in [7, 11) is 0. The molecule has 0 fully saturated rings. The van der Waals surface area contributed by atoms with E-state index in [-0.39, 0.29) is 11.3 Å². The van der Waals surface area contributed by atoms with Crippen molar-refractivity contribution in [2.24, 2.45) is 10.4 Å². The van der Waals surface area contributed by atoms with Crippen molar-refractivity contribution >= 4 is 17.8 Å². The van der Waals surface area contributed by atoms with Crippen LogP contribution >= 0.6 is 0 Å². The van der Waals surface area contributed by atoms with E-state index in [9.17, 15) is 4.79 Å². The quantitative estimate of drug-likeness (QED) is 0.137. The predicted octanol–water partition coefficient (Wildman–Crippen LogP) is 10.7. The van der Waals surface area contributed by atoms with E-state index in [0.717, 1.165) is 43.0 Å². The molecule has 0 spiro atoms. The van der Waals surface area contributed by atoms with E-state index in [2.05, 4.69) is 62.2 Å². The van der Waals surface area contributed by atoms with Crippen molar-refractivity contribution in [3.63, 3.8) is 0 Å². The maximum absolute atomic E-state index is 12.7. The van der Waals surface area contributed by atoms with Crippen LogP contribution in [-0.4, -0.2) is 25.3 Å². The zero-order valence-corrected chi connectivity index (χ0v) is 27.7. The average molecular weight is 587 g/mol. The molecule has 43 heavy (non-hydrogen) atoms. The van der Waals surface area contributed by atoms with Gasteiger partial charge in [-0.15, -0.1) is 0 Å². The van der Waals surface area contributed by atoms with Gasteiger partial charge >= 0.3 is 0 Å². The third-order valence-electron chi connectivity index (χ3n) is 8.54. The number of aliphatic imine (C=N–C) groups is 1. The zero-order valence-electron chi connectivity index (χ0n) is 27.7. The van der Waals surface area contributed by atoms with E-state index in [0.29, 0.717) is 6.54 Å². The minimum Gasteiger partial charge on any atom is -0.494 e. The van der Waals surface area contributed by atoms with Gasteiger partial charge in [-0.05, 0) is 60.7 Å². The number of amides is 1. The first-order valence-corrected chi connectivity index (χ1v) is 17.2. The van der Waals surface area contributed by atoms with E-state index in [1.165, 1.54) is 94.6 Å². The van der Waals surface area contributed by atoms with Crippen molar-refractivity contribution in [2.45, 2.75) is 131 Å². The third kappa shape index (κ3) is 13.5. The lowest BCUT2D eigenvalue weighted by Crippen LogP contribution is -2.28. The summed E-state index contributed by atoms with van der Waals surface area (Å²) in [6, 6.07) is 16.6. The van der Waals surface area contributed by atoms with Crippen molar-refractivity contribution in [3.05, 3.63) is 71.3 Å². The maximum atomic E-state index is 12.7. The Morgan fingerprint density at radius 1 is 0.837 bits per heavy atom. The van der Waals surface area contributed by atoms with E-state index < -0.39 is 0 Å². The molecule has 0 aromatic heterocycles. The number of allylic oxidation sites excluding steroid dienone is 1. The van der Waals surface area contributed by atoms with Crippen LogP contribution in [0.4, 0.5) is 5.69 Å². The number of hydrogen-bond acceptors (Lipinski definition) is 3. The molecule has 0 aliphatic carbocycles. The Bertz CT molecular complexity index is 1150. The van der Waals surface area contributed by atoms with Crippen LogP contribution in [0.5, 0.6) is 5.75 Å². The van der Waals surface area contributed by atoms with Gasteiger partial charge in [0.15, 0.2) is 0 Å². The van der Waals surface area contributed by atoms with Crippen LogP contribution in [-0.2, 0) is 17.8 Å². The highest BCUT2D eigenvalue weighted by Crippen LogP contribution is 2.30. The van der Waals surface area contributed by atoms with Crippen LogP contribution in [0, 0.1) is 5.41 Å². The molecule has 2 aromatic rings. The van der Waals surface area contributed by atoms with Gasteiger partial charge in [-0.25, -0.2) is 0 Å². The highest BCUT2D eigenvalue weighted by Gasteiger charge is 2.24. The number of anilines is 1. The number of carbonyl (C=O) groups excluding carboxylic acids is 1. The summed E-state index contributed by atoms with van der Waals surface area (Å²) < 4.78 is 6.10. The first-order valence-electron chi connectivity index (χ1n) is 17.2. The Morgan fingerprint density at radius 2 is 1.44 bits per heavy atom. The van der Waals surface area contributed by atoms with Gasteiger partial charge in [0.25, 0.3) is 0 Å². The molecule has 1 aliphatic rings. The summed E-state index contributed by atoms with van der Waals surface area (Å²) in [5.41, 5.74) is 4.44. The summed E-state index contributed by atoms with van der Waals surface area (Å²) in [6.07, 6.45) is 24.2. The molecule has 0 N–H and O–H groups in total. The fraction of sp³-hybridized carbons (Fsp3) is 0.590. The normalized spacial score (nSPS) is 16.2. The number of unbranched alkanes of at least 4 members (excludes halogenated alkanes) is 13. The van der Waals surface area contributed by atoms with Crippen molar-refractivity contribution in [1.82, 2.24) is 0 Å². The lowest BCUT2D eigenvalue weighted by molar-refractivity contribution is -0.116. The van der Waals surface area contributed by atoms with Gasteiger partial charge in [0.2, 0.25) is 5.91 Å². The summed E-state index contributed by atoms with van der Waals surface area (Å²) in [5.74, 6) is 0.924. The minimum atomic E-state index is -0.00285. The monoisotopic (exact) mass is 586 g/mol. The van der Waals surface area contributed by atoms with E-state index in [1.807, 2.05) is 29.3 Å². The number of nitrogens with zero attached hydrogens (tertiary/aromatic N) is 2. The molecule has 236 valence electrons. The van der Waals surface area contributed by atoms with Gasteiger partial charge in [-0.3, -0.25) is 9.79 Å². The van der Waals surface area contributed by atoms with Crippen molar-refractivity contribution < 1.29 is 9.53 Å². The molecular weight excluding hydrogens is 528 g/mol. The average Bonchev–Trinajstić information content (AvgIpc) is 2.98. The number of rotatable bonds is 21. The van der Waals surface area contributed by atoms with Crippen molar-refractivity contribution in [2.75, 3.05) is 18.1 Å². The molecule has 2 aromatic carbocycles. The van der Waals surface area contributed by atoms with Gasteiger partial charge in [0, 0.05) is 30.8 Å². The smallest absolute Gasteiger partial charge is 0.224 e. The highest BCUT2D eigenvalue weighted by molar-refractivity contribution is 5.91. The van der Waals surface area contributed by atoms with Gasteiger partial charge in [-0.2, -0.15) is 0 Å². The van der Waals surface area contributed by atoms with Crippen molar-refractivity contribution in [1.29, 1.82) is 0 Å². The molecule has 1 heterocycles. The van der Waals surface area contributed by atoms with E-state index in [4.69, 9.17) is 4.74 Å². The van der Waals surface area contributed by atoms with Crippen LogP contribution in [0.3, 0.4) is 0 Å². The Morgan fingerprint density at radius 3 is 2.07 bits per heavy atom. The minimum absolute atomic E-state index is 0.00285. The second-order valence-corrected chi connectivity index (χ2v) is 13.1. The molecule has 0 bridgehead atoms. The lowest BCUT2D eigenvalue weighted by atomic mass is 9.81. The highest BCUT2D eigenvalue weighted by atomic mass is 16.5. The second-order valence-electron chi connectivity index (χ2n) is 13.1. The van der Waals surface area contributed by atoms with Crippen LogP contribution in [0.1, 0.15) is 129 Å². The van der Waals surface area contributed by atoms with E-state index in [1.54, 1.807) is 6.92 Å². The van der Waals surface area contributed by atoms with Gasteiger partial charge in [0.1, 0.15) is 5.75 Å². The zero-order chi connectivity index (χ0) is 30.8. The molecule has 4 nitrogen and oxygen atoms in total. The van der Waals surface area contributed by atoms with Gasteiger partial charge in [0.05, 0.1) is 13.2 Å². The Labute approximate surface area is 263 Å². The first kappa shape index (κ1) is 34.6. The molecule has 3 rings (SSSR count). The number of benzene rings is 2. The molecule has 4 heteroatoms. The van der Waals surface area contributed by atoms with Gasteiger partial charge < -0.3 is 9.64 Å². The summed E-state index contributed by atoms with van der Waals surface area (Å²) in [5, 5.41) is 0. The largest absolute Gasteiger partial charge is 0.494 e. The molecule has 0 radical (unpaired) electrons. The summed E-state index contributed by atoms with van der Waals surface area (Å²) in [6.45, 7) is 10.3. The van der Waals surface area contributed by atoms with Crippen molar-refractivity contribution in [3.8, 4) is 5.75 Å². The summed E-state index contributed by atoms with van der Waals surface area (Å²) >= 11 is 0. The second kappa shape index (κ2) is 19.4. The SMILES string of the molecule is CCCCCCCCCCCCCCCCOc1cccc(CN(C(C)=O)c2cccc(CC3(C)C=C(C)C=NC3)c2)c1. The predicted molar refractivity (Wildman–Crippen MR) is 184 cm³/mol. The van der Waals surface area contributed by atoms with E-state index >= 15 is 0 Å². The number of carbonyl (C=O) groups is 1. The number of hydrogen-bond donors (Lipinski definition) is 0. The number of ether oxygens (including phenoxy) is 1. The lowest BCUT2D eigenvalue weighted by Gasteiger charge is -2.28. The topological polar surface area (TPSA) is 41.9 Å². The van der Waals surface area contributed by atoms with Crippen LogP contribution in [0.25, 0.3) is 0 Å². The maximum Gasteiger partial charge on any atom is 0.224 e. The van der Waals surface area contributed by atoms with Crippen LogP contribution in [0.2, 0.25) is 0 Å². The molecule has 1 aliphatic heterocycles. The Hall–Kier alpha value is -2.88. The first-order chi connectivity index (χ1) is 20.9. The van der Waals surface area contributed by atoms with Gasteiger partial charge in [-0.1, -0.05) is 128 Å². The standard InChI is InChI=1S/C39H58N2O2/c1-5-6-7-8-9-10-11-12-13-14-15-16-17-18-25-43-38-24-20-22-36(27-38)31-41(34(3)42)37-23-19-21-35(26-37)29-39(4)28-33(2)30-40-32-39/h19-24,26-28,30H,5-18,25,29,31-32H2,1-4H3. The molecule has 1 atom stereocenters. The molecular formula is C39H58N2O2. The Balaban J connectivity index is 1.37. The number of dihydropyridines is 1.